The predicted molar refractivity (Wildman–Crippen MR) is 85.9 cm³/mol. The third kappa shape index (κ3) is 3.52. The Bertz CT molecular complexity index is 610. The van der Waals surface area contributed by atoms with Crippen LogP contribution in [-0.4, -0.2) is 13.0 Å². The summed E-state index contributed by atoms with van der Waals surface area (Å²) in [5, 5.41) is 6.51. The topological polar surface area (TPSA) is 41.1 Å². The second-order valence-electron chi connectivity index (χ2n) is 4.35. The van der Waals surface area contributed by atoms with Gasteiger partial charge in [-0.25, -0.2) is 0 Å². The first kappa shape index (κ1) is 14.9. The smallest absolute Gasteiger partial charge is 0.251 e. The molecule has 2 N–H and O–H groups in total. The van der Waals surface area contributed by atoms with Gasteiger partial charge in [-0.1, -0.05) is 18.5 Å². The molecule has 1 heterocycles. The number of benzene rings is 1. The van der Waals surface area contributed by atoms with Crippen LogP contribution in [0.2, 0.25) is 5.02 Å². The van der Waals surface area contributed by atoms with E-state index in [0.29, 0.717) is 17.1 Å². The average molecular weight is 309 g/mol. The van der Waals surface area contributed by atoms with Crippen LogP contribution < -0.4 is 10.6 Å². The van der Waals surface area contributed by atoms with Crippen molar-refractivity contribution in [2.75, 3.05) is 12.4 Å². The summed E-state index contributed by atoms with van der Waals surface area (Å²) in [7, 11) is 1.61. The second kappa shape index (κ2) is 6.77. The third-order valence-electron chi connectivity index (χ3n) is 2.97. The van der Waals surface area contributed by atoms with E-state index in [-0.39, 0.29) is 5.91 Å². The van der Waals surface area contributed by atoms with Gasteiger partial charge in [0, 0.05) is 28.9 Å². The SMILES string of the molecule is CCc1ccc(CNc2cc(C(=O)NC)ccc2Cl)s1. The molecule has 2 aromatic rings. The highest BCUT2D eigenvalue weighted by Crippen LogP contribution is 2.25. The van der Waals surface area contributed by atoms with Gasteiger partial charge in [0.15, 0.2) is 0 Å². The molecule has 0 saturated carbocycles. The molecule has 1 amide bonds. The van der Waals surface area contributed by atoms with Crippen LogP contribution in [0.25, 0.3) is 0 Å². The first-order valence-corrected chi connectivity index (χ1v) is 7.66. The van der Waals surface area contributed by atoms with Crippen molar-refractivity contribution in [3.63, 3.8) is 0 Å². The zero-order valence-corrected chi connectivity index (χ0v) is 13.1. The molecule has 1 aromatic carbocycles. The monoisotopic (exact) mass is 308 g/mol. The summed E-state index contributed by atoms with van der Waals surface area (Å²) in [6, 6.07) is 9.49. The van der Waals surface area contributed by atoms with E-state index in [9.17, 15) is 4.79 Å². The van der Waals surface area contributed by atoms with E-state index >= 15 is 0 Å². The molecule has 0 aliphatic rings. The van der Waals surface area contributed by atoms with Crippen molar-refractivity contribution in [2.24, 2.45) is 0 Å². The Hall–Kier alpha value is -1.52. The van der Waals surface area contributed by atoms with Crippen molar-refractivity contribution < 1.29 is 4.79 Å². The molecular formula is C15H17ClN2OS. The van der Waals surface area contributed by atoms with Crippen LogP contribution in [0, 0.1) is 0 Å². The van der Waals surface area contributed by atoms with Gasteiger partial charge in [-0.2, -0.15) is 0 Å². The fourth-order valence-corrected chi connectivity index (χ4v) is 2.92. The molecular weight excluding hydrogens is 292 g/mol. The van der Waals surface area contributed by atoms with Gasteiger partial charge in [0.1, 0.15) is 0 Å². The molecule has 0 spiro atoms. The number of anilines is 1. The summed E-state index contributed by atoms with van der Waals surface area (Å²) < 4.78 is 0. The number of halogens is 1. The van der Waals surface area contributed by atoms with Crippen LogP contribution in [0.1, 0.15) is 27.0 Å². The maximum atomic E-state index is 11.6. The summed E-state index contributed by atoms with van der Waals surface area (Å²) in [4.78, 5) is 14.2. The van der Waals surface area contributed by atoms with E-state index in [1.807, 2.05) is 0 Å². The van der Waals surface area contributed by atoms with Crippen LogP contribution in [-0.2, 0) is 13.0 Å². The Labute approximate surface area is 128 Å². The van der Waals surface area contributed by atoms with Gasteiger partial charge in [0.2, 0.25) is 0 Å². The standard InChI is InChI=1S/C15H17ClN2OS/c1-3-11-5-6-12(20-11)9-18-14-8-10(15(19)17-2)4-7-13(14)16/h4-8,18H,3,9H2,1-2H3,(H,17,19). The Kier molecular flexibility index (Phi) is 5.04. The summed E-state index contributed by atoms with van der Waals surface area (Å²) in [6.07, 6.45) is 1.05. The molecule has 5 heteroatoms. The fourth-order valence-electron chi connectivity index (χ4n) is 1.84. The van der Waals surface area contributed by atoms with Gasteiger partial charge < -0.3 is 10.6 Å². The molecule has 3 nitrogen and oxygen atoms in total. The summed E-state index contributed by atoms with van der Waals surface area (Å²) in [6.45, 7) is 2.86. The average Bonchev–Trinajstić information content (AvgIpc) is 2.93. The van der Waals surface area contributed by atoms with E-state index in [4.69, 9.17) is 11.6 Å². The highest BCUT2D eigenvalue weighted by atomic mass is 35.5. The lowest BCUT2D eigenvalue weighted by molar-refractivity contribution is 0.0963. The number of amides is 1. The molecule has 0 fully saturated rings. The first-order chi connectivity index (χ1) is 9.63. The minimum absolute atomic E-state index is 0.117. The third-order valence-corrected chi connectivity index (χ3v) is 4.53. The van der Waals surface area contributed by atoms with Crippen LogP contribution >= 0.6 is 22.9 Å². The molecule has 0 aliphatic carbocycles. The van der Waals surface area contributed by atoms with E-state index in [0.717, 1.165) is 12.1 Å². The zero-order chi connectivity index (χ0) is 14.5. The number of hydrogen-bond donors (Lipinski definition) is 2. The lowest BCUT2D eigenvalue weighted by Crippen LogP contribution is -2.17. The molecule has 2 rings (SSSR count). The normalized spacial score (nSPS) is 10.3. The van der Waals surface area contributed by atoms with Crippen molar-refractivity contribution in [1.82, 2.24) is 5.32 Å². The van der Waals surface area contributed by atoms with E-state index in [2.05, 4.69) is 29.7 Å². The number of carbonyl (C=O) groups is 1. The lowest BCUT2D eigenvalue weighted by Gasteiger charge is -2.09. The van der Waals surface area contributed by atoms with Crippen LogP contribution in [0.4, 0.5) is 5.69 Å². The first-order valence-electron chi connectivity index (χ1n) is 6.47. The van der Waals surface area contributed by atoms with Crippen molar-refractivity contribution in [2.45, 2.75) is 19.9 Å². The van der Waals surface area contributed by atoms with Gasteiger partial charge in [0.05, 0.1) is 10.7 Å². The largest absolute Gasteiger partial charge is 0.379 e. The van der Waals surface area contributed by atoms with Gasteiger partial charge >= 0.3 is 0 Å². The summed E-state index contributed by atoms with van der Waals surface area (Å²) >= 11 is 7.94. The maximum Gasteiger partial charge on any atom is 0.251 e. The minimum atomic E-state index is -0.117. The van der Waals surface area contributed by atoms with Crippen LogP contribution in [0.15, 0.2) is 30.3 Å². The van der Waals surface area contributed by atoms with Gasteiger partial charge in [0.25, 0.3) is 5.91 Å². The predicted octanol–water partition coefficient (Wildman–Crippen LogP) is 3.94. The Morgan fingerprint density at radius 2 is 2.00 bits per heavy atom. The fraction of sp³-hybridized carbons (Fsp3) is 0.267. The number of hydrogen-bond acceptors (Lipinski definition) is 3. The molecule has 0 bridgehead atoms. The summed E-state index contributed by atoms with van der Waals surface area (Å²) in [5.74, 6) is -0.117. The molecule has 106 valence electrons. The molecule has 0 atom stereocenters. The molecule has 20 heavy (non-hydrogen) atoms. The van der Waals surface area contributed by atoms with Crippen LogP contribution in [0.3, 0.4) is 0 Å². The lowest BCUT2D eigenvalue weighted by atomic mass is 10.2. The minimum Gasteiger partial charge on any atom is -0.379 e. The highest BCUT2D eigenvalue weighted by Gasteiger charge is 2.07. The Morgan fingerprint density at radius 1 is 1.25 bits per heavy atom. The number of rotatable bonds is 5. The maximum absolute atomic E-state index is 11.6. The number of nitrogens with one attached hydrogen (secondary N) is 2. The van der Waals surface area contributed by atoms with Gasteiger partial charge in [-0.05, 0) is 36.8 Å². The second-order valence-corrected chi connectivity index (χ2v) is 6.01. The van der Waals surface area contributed by atoms with Crippen molar-refractivity contribution in [1.29, 1.82) is 0 Å². The van der Waals surface area contributed by atoms with Crippen molar-refractivity contribution in [3.8, 4) is 0 Å². The van der Waals surface area contributed by atoms with Gasteiger partial charge in [-0.3, -0.25) is 4.79 Å². The number of aryl methyl sites for hydroxylation is 1. The summed E-state index contributed by atoms with van der Waals surface area (Å²) in [5.41, 5.74) is 1.37. The number of thiophene rings is 1. The van der Waals surface area contributed by atoms with Crippen molar-refractivity contribution >= 4 is 34.5 Å². The molecule has 0 aliphatic heterocycles. The Balaban J connectivity index is 2.10. The van der Waals surface area contributed by atoms with E-state index in [1.165, 1.54) is 9.75 Å². The highest BCUT2D eigenvalue weighted by molar-refractivity contribution is 7.12. The van der Waals surface area contributed by atoms with E-state index < -0.39 is 0 Å². The van der Waals surface area contributed by atoms with Crippen molar-refractivity contribution in [3.05, 3.63) is 50.7 Å². The molecule has 0 saturated heterocycles. The molecule has 0 unspecified atom stereocenters. The van der Waals surface area contributed by atoms with Crippen LogP contribution in [0.5, 0.6) is 0 Å². The molecule has 1 aromatic heterocycles. The number of carbonyl (C=O) groups excluding carboxylic acids is 1. The zero-order valence-electron chi connectivity index (χ0n) is 11.5. The molecule has 0 radical (unpaired) electrons. The van der Waals surface area contributed by atoms with Gasteiger partial charge in [-0.15, -0.1) is 11.3 Å². The van der Waals surface area contributed by atoms with E-state index in [1.54, 1.807) is 36.6 Å². The Morgan fingerprint density at radius 3 is 2.65 bits per heavy atom. The quantitative estimate of drug-likeness (QED) is 0.878.